The fourth-order valence-corrected chi connectivity index (χ4v) is 5.24. The molecule has 1 saturated carbocycles. The Morgan fingerprint density at radius 1 is 1.26 bits per heavy atom. The van der Waals surface area contributed by atoms with Crippen molar-refractivity contribution in [2.75, 3.05) is 29.9 Å². The van der Waals surface area contributed by atoms with E-state index in [4.69, 9.17) is 20.2 Å². The zero-order chi connectivity index (χ0) is 27.7. The van der Waals surface area contributed by atoms with Crippen LogP contribution in [0, 0.1) is 18.2 Å². The molecule has 0 radical (unpaired) electrons. The van der Waals surface area contributed by atoms with E-state index in [0.29, 0.717) is 45.0 Å². The van der Waals surface area contributed by atoms with Gasteiger partial charge in [-0.05, 0) is 52.7 Å². The monoisotopic (exact) mass is 534 g/mol. The van der Waals surface area contributed by atoms with Crippen LogP contribution >= 0.6 is 0 Å². The number of aromatic amines is 1. The van der Waals surface area contributed by atoms with Gasteiger partial charge in [0.05, 0.1) is 29.0 Å². The summed E-state index contributed by atoms with van der Waals surface area (Å²) in [5, 5.41) is 1.19. The predicted molar refractivity (Wildman–Crippen MR) is 145 cm³/mol. The normalized spacial score (nSPS) is 20.7. The maximum absolute atomic E-state index is 15.1. The molecular weight excluding hydrogens is 503 g/mol. The van der Waals surface area contributed by atoms with Gasteiger partial charge in [-0.15, -0.1) is 0 Å². The number of carbonyl (C=O) groups is 1. The Balaban J connectivity index is 1.50. The number of amides is 1. The van der Waals surface area contributed by atoms with Gasteiger partial charge in [0, 0.05) is 37.0 Å². The fourth-order valence-electron chi connectivity index (χ4n) is 5.24. The first-order valence-corrected chi connectivity index (χ1v) is 12.9. The third-order valence-electron chi connectivity index (χ3n) is 7.40. The SMILES string of the molecule is Cc1ncc(Oc2nc(N3CCC4(CC4N)C3)c3c(n2)[nH]c2c(N(C)C(=O)OC(C)(C)C)cc(F)cc23)cn1. The van der Waals surface area contributed by atoms with Crippen LogP contribution in [0.15, 0.2) is 24.5 Å². The number of hydrogen-bond donors (Lipinski definition) is 2. The fraction of sp³-hybridized carbons (Fsp3) is 0.444. The number of fused-ring (bicyclic) bond motifs is 3. The molecule has 3 aromatic heterocycles. The third kappa shape index (κ3) is 4.58. The zero-order valence-corrected chi connectivity index (χ0v) is 22.6. The Labute approximate surface area is 224 Å². The van der Waals surface area contributed by atoms with Crippen LogP contribution in [0.25, 0.3) is 21.9 Å². The smallest absolute Gasteiger partial charge is 0.414 e. The van der Waals surface area contributed by atoms with Crippen molar-refractivity contribution < 1.29 is 18.7 Å². The second kappa shape index (κ2) is 8.73. The number of anilines is 2. The minimum Gasteiger partial charge on any atom is -0.443 e. The molecule has 2 fully saturated rings. The van der Waals surface area contributed by atoms with E-state index < -0.39 is 17.5 Å². The van der Waals surface area contributed by atoms with E-state index in [1.807, 2.05) is 0 Å². The summed E-state index contributed by atoms with van der Waals surface area (Å²) < 4.78 is 26.5. The first kappa shape index (κ1) is 25.2. The van der Waals surface area contributed by atoms with Crippen molar-refractivity contribution >= 4 is 39.5 Å². The molecule has 1 aliphatic carbocycles. The average molecular weight is 535 g/mol. The lowest BCUT2D eigenvalue weighted by molar-refractivity contribution is 0.0589. The topological polar surface area (TPSA) is 135 Å². The van der Waals surface area contributed by atoms with Crippen molar-refractivity contribution in [2.24, 2.45) is 11.1 Å². The molecule has 4 aromatic rings. The summed E-state index contributed by atoms with van der Waals surface area (Å²) in [7, 11) is 1.55. The lowest BCUT2D eigenvalue weighted by Gasteiger charge is -2.25. The molecule has 6 rings (SSSR count). The standard InChI is InChI=1S/C27H31FN8O3/c1-14-30-11-16(12-31-14)38-24-33-22-20(23(34-24)36-7-6-27(13-36)10-19(27)29)17-8-15(28)9-18(21(17)32-22)35(5)25(37)39-26(2,3)4/h8-9,11-12,19H,6-7,10,13,29H2,1-5H3,(H,32,33,34). The third-order valence-corrected chi connectivity index (χ3v) is 7.40. The van der Waals surface area contributed by atoms with Crippen LogP contribution in [0.2, 0.25) is 0 Å². The van der Waals surface area contributed by atoms with Crippen molar-refractivity contribution in [3.63, 3.8) is 0 Å². The Hall–Kier alpha value is -4.06. The van der Waals surface area contributed by atoms with Crippen molar-refractivity contribution in [1.29, 1.82) is 0 Å². The van der Waals surface area contributed by atoms with Crippen LogP contribution in [0.1, 0.15) is 39.4 Å². The molecule has 12 heteroatoms. The molecule has 3 N–H and O–H groups in total. The zero-order valence-electron chi connectivity index (χ0n) is 22.6. The summed E-state index contributed by atoms with van der Waals surface area (Å²) >= 11 is 0. The number of aryl methyl sites for hydroxylation is 1. The molecule has 39 heavy (non-hydrogen) atoms. The number of nitrogens with one attached hydrogen (secondary N) is 1. The molecule has 2 aliphatic rings. The van der Waals surface area contributed by atoms with Gasteiger partial charge in [-0.1, -0.05) is 0 Å². The van der Waals surface area contributed by atoms with E-state index in [1.165, 1.54) is 17.0 Å². The number of benzene rings is 1. The summed E-state index contributed by atoms with van der Waals surface area (Å²) in [4.78, 5) is 37.4. The highest BCUT2D eigenvalue weighted by Crippen LogP contribution is 2.53. The van der Waals surface area contributed by atoms with Crippen molar-refractivity contribution in [3.8, 4) is 11.8 Å². The number of aromatic nitrogens is 5. The molecular formula is C27H31FN8O3. The summed E-state index contributed by atoms with van der Waals surface area (Å²) in [5.41, 5.74) is 6.93. The van der Waals surface area contributed by atoms with Gasteiger partial charge in [0.25, 0.3) is 0 Å². The van der Waals surface area contributed by atoms with Crippen molar-refractivity contribution in [2.45, 2.75) is 52.2 Å². The number of carbonyl (C=O) groups excluding carboxylic acids is 1. The summed E-state index contributed by atoms with van der Waals surface area (Å²) in [5.74, 6) is 1.11. The first-order chi connectivity index (χ1) is 18.4. The molecule has 1 aromatic carbocycles. The number of nitrogens with two attached hydrogens (primary N) is 1. The molecule has 2 atom stereocenters. The van der Waals surface area contributed by atoms with E-state index in [1.54, 1.807) is 47.1 Å². The Kier molecular flexibility index (Phi) is 5.65. The van der Waals surface area contributed by atoms with E-state index in [2.05, 4.69) is 24.8 Å². The highest BCUT2D eigenvalue weighted by Gasteiger charge is 2.56. The Morgan fingerprint density at radius 3 is 2.62 bits per heavy atom. The molecule has 1 saturated heterocycles. The second-order valence-corrected chi connectivity index (χ2v) is 11.5. The van der Waals surface area contributed by atoms with Crippen LogP contribution in [0.4, 0.5) is 20.7 Å². The van der Waals surface area contributed by atoms with E-state index in [-0.39, 0.29) is 17.5 Å². The highest BCUT2D eigenvalue weighted by atomic mass is 19.1. The number of halogens is 1. The second-order valence-electron chi connectivity index (χ2n) is 11.5. The largest absolute Gasteiger partial charge is 0.443 e. The molecule has 2 unspecified atom stereocenters. The molecule has 1 aliphatic heterocycles. The molecule has 204 valence electrons. The number of rotatable bonds is 4. The maximum Gasteiger partial charge on any atom is 0.414 e. The van der Waals surface area contributed by atoms with Crippen molar-refractivity contribution in [3.05, 3.63) is 36.2 Å². The first-order valence-electron chi connectivity index (χ1n) is 12.9. The van der Waals surface area contributed by atoms with Crippen LogP contribution in [-0.2, 0) is 4.74 Å². The molecule has 0 bridgehead atoms. The van der Waals surface area contributed by atoms with Crippen LogP contribution in [0.3, 0.4) is 0 Å². The number of H-pyrrole nitrogens is 1. The summed E-state index contributed by atoms with van der Waals surface area (Å²) in [6, 6.07) is 2.98. The Bertz CT molecular complexity index is 1600. The highest BCUT2D eigenvalue weighted by molar-refractivity contribution is 6.16. The van der Waals surface area contributed by atoms with Crippen LogP contribution in [-0.4, -0.2) is 62.8 Å². The van der Waals surface area contributed by atoms with Gasteiger partial charge in [0.2, 0.25) is 0 Å². The average Bonchev–Trinajstić information content (AvgIpc) is 3.16. The maximum atomic E-state index is 15.1. The van der Waals surface area contributed by atoms with Crippen LogP contribution < -0.4 is 20.3 Å². The lowest BCUT2D eigenvalue weighted by Crippen LogP contribution is -2.34. The van der Waals surface area contributed by atoms with Gasteiger partial charge in [-0.25, -0.2) is 19.2 Å². The summed E-state index contributed by atoms with van der Waals surface area (Å²) in [6.45, 7) is 8.60. The van der Waals surface area contributed by atoms with Gasteiger partial charge in [-0.3, -0.25) is 4.90 Å². The van der Waals surface area contributed by atoms with Gasteiger partial charge in [0.1, 0.15) is 28.7 Å². The minimum absolute atomic E-state index is 0.0720. The molecule has 1 amide bonds. The van der Waals surface area contributed by atoms with Crippen molar-refractivity contribution in [1.82, 2.24) is 24.9 Å². The minimum atomic E-state index is -0.710. The van der Waals surface area contributed by atoms with Gasteiger partial charge >= 0.3 is 12.1 Å². The predicted octanol–water partition coefficient (Wildman–Crippen LogP) is 4.44. The van der Waals surface area contributed by atoms with Gasteiger partial charge in [-0.2, -0.15) is 9.97 Å². The molecule has 1 spiro atoms. The Morgan fingerprint density at radius 2 is 1.97 bits per heavy atom. The number of hydrogen-bond acceptors (Lipinski definition) is 9. The lowest BCUT2D eigenvalue weighted by atomic mass is 10.1. The molecule has 11 nitrogen and oxygen atoms in total. The van der Waals surface area contributed by atoms with E-state index in [9.17, 15) is 4.79 Å². The van der Waals surface area contributed by atoms with Crippen LogP contribution in [0.5, 0.6) is 11.8 Å². The van der Waals surface area contributed by atoms with Gasteiger partial charge in [0.15, 0.2) is 5.75 Å². The number of ether oxygens (including phenoxy) is 2. The van der Waals surface area contributed by atoms with Gasteiger partial charge < -0.3 is 25.1 Å². The molecule has 4 heterocycles. The quantitative estimate of drug-likeness (QED) is 0.389. The number of nitrogens with zero attached hydrogens (tertiary/aromatic N) is 6. The summed E-state index contributed by atoms with van der Waals surface area (Å²) in [6.07, 6.45) is 4.42. The van der Waals surface area contributed by atoms with E-state index in [0.717, 1.165) is 25.9 Å². The van der Waals surface area contributed by atoms with E-state index >= 15 is 4.39 Å².